The molecule has 0 aromatic heterocycles. The summed E-state index contributed by atoms with van der Waals surface area (Å²) in [7, 11) is 0. The highest BCUT2D eigenvalue weighted by atomic mass is 79.9. The average molecular weight is 360 g/mol. The molecule has 0 heterocycles. The van der Waals surface area contributed by atoms with E-state index >= 15 is 0 Å². The summed E-state index contributed by atoms with van der Waals surface area (Å²) in [4.78, 5) is 2.31. The minimum atomic E-state index is 0.476. The number of aromatic hydroxyl groups is 1. The fraction of sp³-hybridized carbons (Fsp3) is 0.625. The van der Waals surface area contributed by atoms with Crippen LogP contribution in [-0.2, 0) is 12.3 Å². The lowest BCUT2D eigenvalue weighted by molar-refractivity contribution is 0.290. The Morgan fingerprint density at radius 3 is 2.40 bits per heavy atom. The maximum Gasteiger partial charge on any atom is 0.124 e. The smallest absolute Gasteiger partial charge is 0.124 e. The van der Waals surface area contributed by atoms with Crippen LogP contribution in [0.3, 0.4) is 0 Å². The van der Waals surface area contributed by atoms with Gasteiger partial charge in [0, 0.05) is 27.9 Å². The number of hydrogen-bond donors (Lipinski definition) is 1. The first-order chi connectivity index (χ1) is 9.62. The predicted octanol–water partition coefficient (Wildman–Crippen LogP) is 5.03. The van der Waals surface area contributed by atoms with Crippen LogP contribution in [0.2, 0.25) is 0 Å². The SMILES string of the molecule is CCCCSCc1cc(Br)cc(CN(CC)CC)c1O. The Morgan fingerprint density at radius 2 is 1.80 bits per heavy atom. The fourth-order valence-electron chi connectivity index (χ4n) is 2.06. The highest BCUT2D eigenvalue weighted by Gasteiger charge is 2.11. The number of phenols is 1. The van der Waals surface area contributed by atoms with Crippen molar-refractivity contribution in [3.63, 3.8) is 0 Å². The van der Waals surface area contributed by atoms with Gasteiger partial charge in [0.1, 0.15) is 5.75 Å². The Balaban J connectivity index is 2.78. The largest absolute Gasteiger partial charge is 0.507 e. The van der Waals surface area contributed by atoms with Gasteiger partial charge in [-0.25, -0.2) is 0 Å². The molecule has 0 radical (unpaired) electrons. The van der Waals surface area contributed by atoms with Crippen LogP contribution in [0.4, 0.5) is 0 Å². The van der Waals surface area contributed by atoms with Crippen molar-refractivity contribution in [2.75, 3.05) is 18.8 Å². The Bertz CT molecular complexity index is 408. The maximum atomic E-state index is 10.4. The first-order valence-electron chi connectivity index (χ1n) is 7.42. The van der Waals surface area contributed by atoms with Gasteiger partial charge in [-0.3, -0.25) is 4.90 Å². The fourth-order valence-corrected chi connectivity index (χ4v) is 3.69. The molecule has 0 aliphatic carbocycles. The van der Waals surface area contributed by atoms with E-state index < -0.39 is 0 Å². The van der Waals surface area contributed by atoms with Crippen molar-refractivity contribution in [3.8, 4) is 5.75 Å². The van der Waals surface area contributed by atoms with Crippen molar-refractivity contribution in [3.05, 3.63) is 27.7 Å². The minimum absolute atomic E-state index is 0.476. The lowest BCUT2D eigenvalue weighted by Crippen LogP contribution is -2.22. The van der Waals surface area contributed by atoms with E-state index in [9.17, 15) is 5.11 Å². The van der Waals surface area contributed by atoms with E-state index in [1.807, 2.05) is 23.9 Å². The van der Waals surface area contributed by atoms with Crippen LogP contribution < -0.4 is 0 Å². The highest BCUT2D eigenvalue weighted by Crippen LogP contribution is 2.31. The molecule has 1 aromatic carbocycles. The first kappa shape index (κ1) is 17.9. The molecule has 114 valence electrons. The number of benzene rings is 1. The molecule has 0 saturated carbocycles. The Labute approximate surface area is 136 Å². The number of unbranched alkanes of at least 4 members (excludes halogenated alkanes) is 1. The molecule has 4 heteroatoms. The van der Waals surface area contributed by atoms with Crippen molar-refractivity contribution in [1.82, 2.24) is 4.90 Å². The number of nitrogens with zero attached hydrogens (tertiary/aromatic N) is 1. The molecule has 0 aliphatic heterocycles. The zero-order valence-corrected chi connectivity index (χ0v) is 15.2. The third-order valence-corrected chi connectivity index (χ3v) is 4.97. The predicted molar refractivity (Wildman–Crippen MR) is 93.5 cm³/mol. The van der Waals surface area contributed by atoms with Gasteiger partial charge >= 0.3 is 0 Å². The highest BCUT2D eigenvalue weighted by molar-refractivity contribution is 9.10. The lowest BCUT2D eigenvalue weighted by Gasteiger charge is -2.20. The molecule has 2 nitrogen and oxygen atoms in total. The zero-order valence-electron chi connectivity index (χ0n) is 12.8. The minimum Gasteiger partial charge on any atom is -0.507 e. The molecule has 1 N–H and O–H groups in total. The van der Waals surface area contributed by atoms with Crippen molar-refractivity contribution in [2.45, 2.75) is 45.9 Å². The number of phenolic OH excluding ortho intramolecular Hbond substituents is 1. The molecule has 0 fully saturated rings. The third-order valence-electron chi connectivity index (χ3n) is 3.42. The summed E-state index contributed by atoms with van der Waals surface area (Å²) in [5, 5.41) is 10.4. The summed E-state index contributed by atoms with van der Waals surface area (Å²) in [6, 6.07) is 4.08. The molecular formula is C16H26BrNOS. The quantitative estimate of drug-likeness (QED) is 0.625. The van der Waals surface area contributed by atoms with E-state index in [1.165, 1.54) is 12.8 Å². The molecule has 0 spiro atoms. The maximum absolute atomic E-state index is 10.4. The van der Waals surface area contributed by atoms with Crippen molar-refractivity contribution in [2.24, 2.45) is 0 Å². The van der Waals surface area contributed by atoms with Crippen LogP contribution in [0.15, 0.2) is 16.6 Å². The summed E-state index contributed by atoms with van der Waals surface area (Å²) < 4.78 is 1.06. The van der Waals surface area contributed by atoms with Gasteiger partial charge in [0.25, 0.3) is 0 Å². The van der Waals surface area contributed by atoms with Crippen LogP contribution >= 0.6 is 27.7 Å². The van der Waals surface area contributed by atoms with E-state index in [4.69, 9.17) is 0 Å². The molecule has 0 amide bonds. The van der Waals surface area contributed by atoms with Crippen LogP contribution in [0.25, 0.3) is 0 Å². The van der Waals surface area contributed by atoms with Gasteiger partial charge in [0.05, 0.1) is 0 Å². The molecule has 0 saturated heterocycles. The number of halogens is 1. The second kappa shape index (κ2) is 9.69. The zero-order chi connectivity index (χ0) is 15.0. The second-order valence-corrected chi connectivity index (χ2v) is 6.96. The van der Waals surface area contributed by atoms with Crippen LogP contribution in [0.5, 0.6) is 5.75 Å². The van der Waals surface area contributed by atoms with Crippen LogP contribution in [0, 0.1) is 0 Å². The van der Waals surface area contributed by atoms with Gasteiger partial charge in [-0.2, -0.15) is 11.8 Å². The number of thioether (sulfide) groups is 1. The van der Waals surface area contributed by atoms with E-state index in [0.29, 0.717) is 5.75 Å². The molecular weight excluding hydrogens is 334 g/mol. The van der Waals surface area contributed by atoms with E-state index in [1.54, 1.807) is 0 Å². The van der Waals surface area contributed by atoms with Gasteiger partial charge < -0.3 is 5.11 Å². The van der Waals surface area contributed by atoms with Crippen molar-refractivity contribution in [1.29, 1.82) is 0 Å². The lowest BCUT2D eigenvalue weighted by atomic mass is 10.1. The van der Waals surface area contributed by atoms with Gasteiger partial charge in [0.15, 0.2) is 0 Å². The second-order valence-electron chi connectivity index (χ2n) is 4.94. The van der Waals surface area contributed by atoms with Gasteiger partial charge in [-0.1, -0.05) is 43.1 Å². The Morgan fingerprint density at radius 1 is 1.15 bits per heavy atom. The van der Waals surface area contributed by atoms with Gasteiger partial charge in [0.2, 0.25) is 0 Å². The third kappa shape index (κ3) is 5.66. The molecule has 1 rings (SSSR count). The summed E-state index contributed by atoms with van der Waals surface area (Å²) in [6.07, 6.45) is 2.47. The first-order valence-corrected chi connectivity index (χ1v) is 9.37. The van der Waals surface area contributed by atoms with Gasteiger partial charge in [-0.05, 0) is 37.4 Å². The van der Waals surface area contributed by atoms with E-state index in [-0.39, 0.29) is 0 Å². The number of hydrogen-bond acceptors (Lipinski definition) is 3. The Kier molecular flexibility index (Phi) is 8.66. The summed E-state index contributed by atoms with van der Waals surface area (Å²) in [6.45, 7) is 9.33. The van der Waals surface area contributed by atoms with E-state index in [2.05, 4.69) is 41.6 Å². The molecule has 0 unspecified atom stereocenters. The topological polar surface area (TPSA) is 23.5 Å². The van der Waals surface area contributed by atoms with Crippen LogP contribution in [0.1, 0.15) is 44.7 Å². The summed E-state index contributed by atoms with van der Waals surface area (Å²) in [5.41, 5.74) is 2.07. The molecule has 0 bridgehead atoms. The van der Waals surface area contributed by atoms with Crippen molar-refractivity contribution < 1.29 is 5.11 Å². The molecule has 20 heavy (non-hydrogen) atoms. The standard InChI is InChI=1S/C16H26BrNOS/c1-4-7-8-20-12-14-10-15(17)9-13(16(14)19)11-18(5-2)6-3/h9-10,19H,4-8,11-12H2,1-3H3. The average Bonchev–Trinajstić information content (AvgIpc) is 2.45. The van der Waals surface area contributed by atoms with Crippen LogP contribution in [-0.4, -0.2) is 28.8 Å². The van der Waals surface area contributed by atoms with Crippen molar-refractivity contribution >= 4 is 27.7 Å². The number of rotatable bonds is 9. The van der Waals surface area contributed by atoms with E-state index in [0.717, 1.165) is 46.7 Å². The molecule has 0 atom stereocenters. The monoisotopic (exact) mass is 359 g/mol. The van der Waals surface area contributed by atoms with Gasteiger partial charge in [-0.15, -0.1) is 0 Å². The molecule has 1 aromatic rings. The normalized spacial score (nSPS) is 11.2. The summed E-state index contributed by atoms with van der Waals surface area (Å²) in [5.74, 6) is 2.52. The molecule has 0 aliphatic rings. The summed E-state index contributed by atoms with van der Waals surface area (Å²) >= 11 is 5.46. The Hall–Kier alpha value is -0.190.